The molecule has 0 radical (unpaired) electrons. The van der Waals surface area contributed by atoms with Crippen molar-refractivity contribution in [1.29, 1.82) is 0 Å². The Morgan fingerprint density at radius 1 is 1.23 bits per heavy atom. The molecule has 0 fully saturated rings. The van der Waals surface area contributed by atoms with E-state index in [2.05, 4.69) is 12.1 Å². The normalized spacial score (nSPS) is 10.5. The van der Waals surface area contributed by atoms with E-state index in [0.29, 0.717) is 0 Å². The van der Waals surface area contributed by atoms with Gasteiger partial charge in [0.1, 0.15) is 6.29 Å². The van der Waals surface area contributed by atoms with E-state index in [4.69, 9.17) is 0 Å². The van der Waals surface area contributed by atoms with Gasteiger partial charge in [0.25, 0.3) is 0 Å². The Morgan fingerprint density at radius 3 is 2.69 bits per heavy atom. The van der Waals surface area contributed by atoms with E-state index in [1.54, 1.807) is 11.8 Å². The zero-order valence-electron chi connectivity index (χ0n) is 7.35. The van der Waals surface area contributed by atoms with Crippen molar-refractivity contribution in [2.45, 2.75) is 6.42 Å². The predicted molar refractivity (Wildman–Crippen MR) is 57.8 cm³/mol. The van der Waals surface area contributed by atoms with Crippen LogP contribution in [0.25, 0.3) is 0 Å². The molecule has 68 valence electrons. The maximum atomic E-state index is 9.94. The molecule has 0 spiro atoms. The number of carbonyl (C=O) groups is 1. The Morgan fingerprint density at radius 2 is 2.00 bits per heavy atom. The Hall–Kier alpha value is -1.02. The lowest BCUT2D eigenvalue weighted by Crippen LogP contribution is -1.85. The smallest absolute Gasteiger partial charge is 0.143 e. The molecule has 0 bridgehead atoms. The van der Waals surface area contributed by atoms with Gasteiger partial charge in [-0.15, -0.1) is 11.8 Å². The van der Waals surface area contributed by atoms with Gasteiger partial charge in [0.15, 0.2) is 0 Å². The quantitative estimate of drug-likeness (QED) is 0.405. The van der Waals surface area contributed by atoms with Crippen molar-refractivity contribution >= 4 is 18.0 Å². The van der Waals surface area contributed by atoms with Crippen LogP contribution in [-0.4, -0.2) is 12.0 Å². The van der Waals surface area contributed by atoms with Crippen molar-refractivity contribution in [3.63, 3.8) is 0 Å². The van der Waals surface area contributed by atoms with Crippen LogP contribution in [0.4, 0.5) is 0 Å². The largest absolute Gasteiger partial charge is 0.299 e. The molecule has 1 aromatic rings. The van der Waals surface area contributed by atoms with E-state index >= 15 is 0 Å². The standard InChI is InChI=1S/C11H12OS/c12-8-4-9-13-10-7-11-5-2-1-3-6-11/h1-6,8-9H,7,10H2. The number of thioether (sulfide) groups is 1. The second-order valence-electron chi connectivity index (χ2n) is 2.57. The Balaban J connectivity index is 2.20. The van der Waals surface area contributed by atoms with Gasteiger partial charge in [0, 0.05) is 5.75 Å². The van der Waals surface area contributed by atoms with E-state index in [-0.39, 0.29) is 0 Å². The number of rotatable bonds is 5. The van der Waals surface area contributed by atoms with Gasteiger partial charge in [-0.05, 0) is 23.5 Å². The molecule has 0 unspecified atom stereocenters. The lowest BCUT2D eigenvalue weighted by atomic mass is 10.2. The zero-order chi connectivity index (χ0) is 9.36. The third-order valence-corrected chi connectivity index (χ3v) is 2.39. The fourth-order valence-electron chi connectivity index (χ4n) is 0.977. The summed E-state index contributed by atoms with van der Waals surface area (Å²) in [6, 6.07) is 10.3. The Bertz CT molecular complexity index is 267. The SMILES string of the molecule is O=CC=CSCCc1ccccc1. The summed E-state index contributed by atoms with van der Waals surface area (Å²) in [6.45, 7) is 0. The molecule has 0 aliphatic heterocycles. The predicted octanol–water partition coefficient (Wildman–Crippen LogP) is 2.67. The summed E-state index contributed by atoms with van der Waals surface area (Å²) >= 11 is 1.66. The number of aldehydes is 1. The number of carbonyl (C=O) groups excluding carboxylic acids is 1. The van der Waals surface area contributed by atoms with Crippen LogP contribution in [0.2, 0.25) is 0 Å². The summed E-state index contributed by atoms with van der Waals surface area (Å²) in [6.07, 6.45) is 3.37. The molecule has 0 heterocycles. The number of benzene rings is 1. The van der Waals surface area contributed by atoms with Gasteiger partial charge in [0.2, 0.25) is 0 Å². The minimum absolute atomic E-state index is 0.801. The summed E-state index contributed by atoms with van der Waals surface area (Å²) in [4.78, 5) is 9.94. The highest BCUT2D eigenvalue weighted by atomic mass is 32.2. The van der Waals surface area contributed by atoms with Crippen LogP contribution in [0.15, 0.2) is 41.8 Å². The zero-order valence-corrected chi connectivity index (χ0v) is 8.17. The number of aryl methyl sites for hydroxylation is 1. The van der Waals surface area contributed by atoms with Crippen molar-refractivity contribution in [2.75, 3.05) is 5.75 Å². The molecular weight excluding hydrogens is 180 g/mol. The third kappa shape index (κ3) is 4.53. The van der Waals surface area contributed by atoms with Gasteiger partial charge in [-0.2, -0.15) is 0 Å². The minimum Gasteiger partial charge on any atom is -0.299 e. The third-order valence-electron chi connectivity index (χ3n) is 1.60. The first-order valence-electron chi connectivity index (χ1n) is 4.19. The molecule has 0 aliphatic carbocycles. The first-order valence-corrected chi connectivity index (χ1v) is 5.24. The van der Waals surface area contributed by atoms with E-state index in [1.807, 2.05) is 23.6 Å². The summed E-state index contributed by atoms with van der Waals surface area (Å²) < 4.78 is 0. The molecule has 13 heavy (non-hydrogen) atoms. The fraction of sp³-hybridized carbons (Fsp3) is 0.182. The molecule has 1 nitrogen and oxygen atoms in total. The molecule has 1 rings (SSSR count). The number of hydrogen-bond donors (Lipinski definition) is 0. The molecule has 0 atom stereocenters. The summed E-state index contributed by atoms with van der Waals surface area (Å²) in [7, 11) is 0. The summed E-state index contributed by atoms with van der Waals surface area (Å²) in [5.41, 5.74) is 1.34. The van der Waals surface area contributed by atoms with Gasteiger partial charge in [0.05, 0.1) is 0 Å². The van der Waals surface area contributed by atoms with Crippen LogP contribution in [0.1, 0.15) is 5.56 Å². The minimum atomic E-state index is 0.801. The molecule has 0 N–H and O–H groups in total. The Kier molecular flexibility index (Phi) is 5.02. The molecule has 1 aromatic carbocycles. The van der Waals surface area contributed by atoms with Gasteiger partial charge < -0.3 is 0 Å². The molecule has 0 amide bonds. The van der Waals surface area contributed by atoms with Crippen LogP contribution in [0.5, 0.6) is 0 Å². The second kappa shape index (κ2) is 6.49. The average Bonchev–Trinajstić information content (AvgIpc) is 2.19. The fourth-order valence-corrected chi connectivity index (χ4v) is 1.64. The number of hydrogen-bond acceptors (Lipinski definition) is 2. The lowest BCUT2D eigenvalue weighted by Gasteiger charge is -1.97. The van der Waals surface area contributed by atoms with Crippen molar-refractivity contribution in [3.05, 3.63) is 47.4 Å². The monoisotopic (exact) mass is 192 g/mol. The first kappa shape index (κ1) is 10.1. The molecule has 0 aliphatic rings. The van der Waals surface area contributed by atoms with Gasteiger partial charge >= 0.3 is 0 Å². The van der Waals surface area contributed by atoms with E-state index < -0.39 is 0 Å². The molecule has 0 saturated carbocycles. The molecular formula is C11H12OS. The van der Waals surface area contributed by atoms with Crippen LogP contribution in [-0.2, 0) is 11.2 Å². The first-order chi connectivity index (χ1) is 6.43. The molecule has 0 saturated heterocycles. The molecule has 2 heteroatoms. The summed E-state index contributed by atoms with van der Waals surface area (Å²) in [5.74, 6) is 1.02. The second-order valence-corrected chi connectivity index (χ2v) is 3.58. The van der Waals surface area contributed by atoms with Gasteiger partial charge in [-0.1, -0.05) is 30.3 Å². The van der Waals surface area contributed by atoms with Crippen molar-refractivity contribution in [3.8, 4) is 0 Å². The van der Waals surface area contributed by atoms with E-state index in [9.17, 15) is 4.79 Å². The average molecular weight is 192 g/mol. The highest BCUT2D eigenvalue weighted by molar-refractivity contribution is 8.02. The lowest BCUT2D eigenvalue weighted by molar-refractivity contribution is -0.104. The van der Waals surface area contributed by atoms with Crippen LogP contribution in [0.3, 0.4) is 0 Å². The van der Waals surface area contributed by atoms with Crippen LogP contribution in [0, 0.1) is 0 Å². The van der Waals surface area contributed by atoms with Crippen LogP contribution >= 0.6 is 11.8 Å². The van der Waals surface area contributed by atoms with Crippen molar-refractivity contribution < 1.29 is 4.79 Å². The van der Waals surface area contributed by atoms with Crippen molar-refractivity contribution in [1.82, 2.24) is 0 Å². The number of allylic oxidation sites excluding steroid dienone is 1. The van der Waals surface area contributed by atoms with Crippen molar-refractivity contribution in [2.24, 2.45) is 0 Å². The summed E-state index contributed by atoms with van der Waals surface area (Å²) in [5, 5.41) is 1.83. The van der Waals surface area contributed by atoms with Gasteiger partial charge in [-0.25, -0.2) is 0 Å². The molecule has 0 aromatic heterocycles. The van der Waals surface area contributed by atoms with E-state index in [1.165, 1.54) is 11.6 Å². The highest BCUT2D eigenvalue weighted by Gasteiger charge is 1.89. The highest BCUT2D eigenvalue weighted by Crippen LogP contribution is 2.07. The maximum Gasteiger partial charge on any atom is 0.143 e. The Labute approximate surface area is 82.9 Å². The van der Waals surface area contributed by atoms with E-state index in [0.717, 1.165) is 18.5 Å². The maximum absolute atomic E-state index is 9.94. The van der Waals surface area contributed by atoms with Gasteiger partial charge in [-0.3, -0.25) is 4.79 Å². The topological polar surface area (TPSA) is 17.1 Å². The van der Waals surface area contributed by atoms with Crippen LogP contribution < -0.4 is 0 Å².